The molecule has 0 aliphatic carbocycles. The maximum absolute atomic E-state index is 12.9. The first-order valence-corrected chi connectivity index (χ1v) is 16.8. The molecule has 0 bridgehead atoms. The first-order valence-electron chi connectivity index (χ1n) is 13.4. The Kier molecular flexibility index (Phi) is 10.6. The van der Waals surface area contributed by atoms with Crippen LogP contribution in [0.3, 0.4) is 0 Å². The van der Waals surface area contributed by atoms with Gasteiger partial charge in [0, 0.05) is 26.4 Å². The van der Waals surface area contributed by atoms with Crippen LogP contribution in [0.25, 0.3) is 0 Å². The molecule has 1 amide bonds. The van der Waals surface area contributed by atoms with Crippen LogP contribution in [-0.4, -0.2) is 44.1 Å². The first kappa shape index (κ1) is 33.4. The van der Waals surface area contributed by atoms with Crippen molar-refractivity contribution >= 4 is 44.4 Å². The fourth-order valence-electron chi connectivity index (χ4n) is 4.14. The lowest BCUT2D eigenvalue weighted by molar-refractivity contribution is -0.134. The molecule has 41 heavy (non-hydrogen) atoms. The highest BCUT2D eigenvalue weighted by Gasteiger charge is 2.43. The topological polar surface area (TPSA) is 64.1 Å². The van der Waals surface area contributed by atoms with E-state index in [1.165, 1.54) is 23.1 Å². The monoisotopic (exact) mass is 627 g/mol. The Labute approximate surface area is 251 Å². The summed E-state index contributed by atoms with van der Waals surface area (Å²) < 4.78 is 43.3. The van der Waals surface area contributed by atoms with E-state index in [1.54, 1.807) is 13.8 Å². The minimum absolute atomic E-state index is 0.0357. The molecule has 0 saturated heterocycles. The lowest BCUT2D eigenvalue weighted by Gasteiger charge is -2.51. The van der Waals surface area contributed by atoms with Gasteiger partial charge in [-0.15, -0.1) is 22.0 Å². The zero-order valence-electron chi connectivity index (χ0n) is 24.7. The van der Waals surface area contributed by atoms with E-state index in [0.29, 0.717) is 16.7 Å². The van der Waals surface area contributed by atoms with Gasteiger partial charge in [0.25, 0.3) is 0 Å². The zero-order valence-corrected chi connectivity index (χ0v) is 27.1. The van der Waals surface area contributed by atoms with E-state index in [4.69, 9.17) is 4.18 Å². The molecule has 3 aromatic rings. The summed E-state index contributed by atoms with van der Waals surface area (Å²) in [6, 6.07) is 20.7. The van der Waals surface area contributed by atoms with E-state index >= 15 is 0 Å². The van der Waals surface area contributed by atoms with Crippen molar-refractivity contribution in [1.29, 1.82) is 0 Å². The van der Waals surface area contributed by atoms with Crippen molar-refractivity contribution in [3.05, 3.63) is 65.7 Å². The molecule has 0 aliphatic rings. The highest BCUT2D eigenvalue weighted by atomic mass is 32.3. The quantitative estimate of drug-likeness (QED) is 0.203. The molecule has 1 heterocycles. The summed E-state index contributed by atoms with van der Waals surface area (Å²) in [6.07, 6.45) is -5.09. The first-order chi connectivity index (χ1) is 19.0. The highest BCUT2D eigenvalue weighted by Crippen LogP contribution is 2.71. The Bertz CT molecular complexity index is 1240. The van der Waals surface area contributed by atoms with Crippen LogP contribution in [0, 0.1) is 0 Å². The zero-order chi connectivity index (χ0) is 30.5. The van der Waals surface area contributed by atoms with Gasteiger partial charge in [-0.05, 0) is 71.1 Å². The van der Waals surface area contributed by atoms with Crippen molar-refractivity contribution in [2.24, 2.45) is 0 Å². The molecular formula is C30H40F3N3O2S3. The number of alkyl halides is 3. The summed E-state index contributed by atoms with van der Waals surface area (Å²) in [7, 11) is -1.95. The average molecular weight is 628 g/mol. The number of nitrogens with zero attached hydrogens (tertiary/aromatic N) is 2. The van der Waals surface area contributed by atoms with E-state index < -0.39 is 33.1 Å². The predicted molar refractivity (Wildman–Crippen MR) is 166 cm³/mol. The van der Waals surface area contributed by atoms with E-state index in [0.717, 1.165) is 9.79 Å². The Morgan fingerprint density at radius 1 is 0.902 bits per heavy atom. The van der Waals surface area contributed by atoms with Crippen molar-refractivity contribution in [2.45, 2.75) is 92.2 Å². The number of hydrogen-bond acceptors (Lipinski definition) is 6. The van der Waals surface area contributed by atoms with E-state index in [2.05, 4.69) is 60.6 Å². The lowest BCUT2D eigenvalue weighted by Crippen LogP contribution is -2.34. The molecule has 1 aromatic heterocycles. The van der Waals surface area contributed by atoms with Crippen LogP contribution < -0.4 is 5.32 Å². The molecule has 0 atom stereocenters. The number of hydrogen-bond donors (Lipinski definition) is 1. The summed E-state index contributed by atoms with van der Waals surface area (Å²) in [5.74, 6) is -0.0950. The number of carbonyl (C=O) groups excluding carboxylic acids is 1. The largest absolute Gasteiger partial charge is 0.389 e. The van der Waals surface area contributed by atoms with Crippen molar-refractivity contribution in [1.82, 2.24) is 10.2 Å². The summed E-state index contributed by atoms with van der Waals surface area (Å²) in [4.78, 5) is 15.2. The maximum Gasteiger partial charge on any atom is 0.389 e. The molecule has 0 radical (unpaired) electrons. The lowest BCUT2D eigenvalue weighted by atomic mass is 9.96. The molecule has 226 valence electrons. The SMILES string of the molecule is CC(C)(SCCCC(F)(F)F)C(=O)Nc1nnc(C(C)(C)COS(c2ccccc2)(c2ccccc2)C(C)(C)C)s1. The molecule has 2 aromatic carbocycles. The van der Waals surface area contributed by atoms with Crippen LogP contribution in [0.4, 0.5) is 18.3 Å². The number of carbonyl (C=O) groups is 1. The molecule has 0 saturated carbocycles. The number of halogens is 3. The van der Waals surface area contributed by atoms with Gasteiger partial charge in [0.05, 0.1) is 11.4 Å². The Morgan fingerprint density at radius 3 is 1.93 bits per heavy atom. The molecule has 3 rings (SSSR count). The van der Waals surface area contributed by atoms with Gasteiger partial charge in [-0.1, -0.05) is 71.9 Å². The maximum atomic E-state index is 12.9. The van der Waals surface area contributed by atoms with Gasteiger partial charge >= 0.3 is 6.18 Å². The summed E-state index contributed by atoms with van der Waals surface area (Å²) in [5.41, 5.74) is -0.518. The second-order valence-corrected chi connectivity index (χ2v) is 18.1. The van der Waals surface area contributed by atoms with Gasteiger partial charge in [-0.2, -0.15) is 13.2 Å². The van der Waals surface area contributed by atoms with Gasteiger partial charge in [0.15, 0.2) is 0 Å². The molecule has 0 aliphatic heterocycles. The number of amides is 1. The molecule has 11 heteroatoms. The van der Waals surface area contributed by atoms with Crippen molar-refractivity contribution in [3.8, 4) is 0 Å². The molecule has 5 nitrogen and oxygen atoms in total. The number of thioether (sulfide) groups is 1. The van der Waals surface area contributed by atoms with Gasteiger partial charge in [-0.25, -0.2) is 0 Å². The molecule has 0 unspecified atom stereocenters. The van der Waals surface area contributed by atoms with Crippen LogP contribution in [0.2, 0.25) is 0 Å². The standard InChI is InChI=1S/C30H40F3N3O2S3/c1-27(2,3)41(22-15-10-8-11-16-22,23-17-12-9-13-18-23)38-21-28(4,5)25-35-36-26(40-25)34-24(37)29(6,7)39-20-14-19-30(31,32)33/h8-13,15-18H,14,19-21H2,1-7H3,(H,34,36,37). The molecule has 0 spiro atoms. The van der Waals surface area contributed by atoms with Crippen LogP contribution >= 0.6 is 33.4 Å². The van der Waals surface area contributed by atoms with Crippen molar-refractivity contribution in [2.75, 3.05) is 17.7 Å². The van der Waals surface area contributed by atoms with E-state index in [1.807, 2.05) is 50.2 Å². The minimum atomic E-state index is -4.19. The number of rotatable bonds is 12. The molecule has 0 fully saturated rings. The Hall–Kier alpha value is -2.08. The van der Waals surface area contributed by atoms with Gasteiger partial charge < -0.3 is 4.18 Å². The molecule has 1 N–H and O–H groups in total. The third-order valence-electron chi connectivity index (χ3n) is 6.45. The average Bonchev–Trinajstić information content (AvgIpc) is 3.36. The number of aromatic nitrogens is 2. The second kappa shape index (κ2) is 13.1. The Morgan fingerprint density at radius 2 is 1.44 bits per heavy atom. The van der Waals surface area contributed by atoms with Crippen molar-refractivity contribution in [3.63, 3.8) is 0 Å². The van der Waals surface area contributed by atoms with Crippen LogP contribution in [0.1, 0.15) is 66.3 Å². The van der Waals surface area contributed by atoms with Crippen LogP contribution in [-0.2, 0) is 14.4 Å². The second-order valence-electron chi connectivity index (χ2n) is 11.9. The van der Waals surface area contributed by atoms with Crippen molar-refractivity contribution < 1.29 is 22.1 Å². The van der Waals surface area contributed by atoms with E-state index in [-0.39, 0.29) is 22.8 Å². The number of anilines is 1. The Balaban J connectivity index is 1.77. The van der Waals surface area contributed by atoms with Gasteiger partial charge in [-0.3, -0.25) is 10.1 Å². The highest BCUT2D eigenvalue weighted by molar-refractivity contribution is 8.31. The van der Waals surface area contributed by atoms with Gasteiger partial charge in [0.2, 0.25) is 11.0 Å². The summed E-state index contributed by atoms with van der Waals surface area (Å²) >= 11 is 2.48. The fraction of sp³-hybridized carbons (Fsp3) is 0.500. The third kappa shape index (κ3) is 8.49. The number of benzene rings is 2. The predicted octanol–water partition coefficient (Wildman–Crippen LogP) is 9.26. The molecular weight excluding hydrogens is 588 g/mol. The third-order valence-corrected chi connectivity index (χ3v) is 13.1. The fourth-order valence-corrected chi connectivity index (χ4v) is 9.81. The normalized spacial score (nSPS) is 13.7. The minimum Gasteiger partial charge on any atom is -0.327 e. The smallest absolute Gasteiger partial charge is 0.327 e. The van der Waals surface area contributed by atoms with Crippen LogP contribution in [0.15, 0.2) is 70.5 Å². The van der Waals surface area contributed by atoms with Crippen LogP contribution in [0.5, 0.6) is 0 Å². The van der Waals surface area contributed by atoms with E-state index in [9.17, 15) is 18.0 Å². The summed E-state index contributed by atoms with van der Waals surface area (Å²) in [6.45, 7) is 14.5. The number of nitrogens with one attached hydrogen (secondary N) is 1. The van der Waals surface area contributed by atoms with Gasteiger partial charge in [0.1, 0.15) is 5.01 Å². The summed E-state index contributed by atoms with van der Waals surface area (Å²) in [5, 5.41) is 12.5.